The lowest BCUT2D eigenvalue weighted by molar-refractivity contribution is 0.0733. The highest BCUT2D eigenvalue weighted by atomic mass is 32.1. The topological polar surface area (TPSA) is 55.6 Å². The van der Waals surface area contributed by atoms with Crippen LogP contribution in [-0.4, -0.2) is 31.0 Å². The normalized spacial score (nSPS) is 16.0. The minimum atomic E-state index is 0.0204. The Morgan fingerprint density at radius 2 is 2.19 bits per heavy atom. The van der Waals surface area contributed by atoms with Gasteiger partial charge in [0.25, 0.3) is 5.91 Å². The number of rotatable bonds is 4. The Labute approximate surface area is 128 Å². The number of nitrogens with two attached hydrogens (primary N) is 1. The second kappa shape index (κ2) is 5.22. The fraction of sp³-hybridized carbons (Fsp3) is 0.438. The molecule has 1 aromatic carbocycles. The number of benzene rings is 1. The van der Waals surface area contributed by atoms with Crippen LogP contribution in [0.1, 0.15) is 29.4 Å². The molecule has 5 heteroatoms. The number of nitrogens with zero attached hydrogens (tertiary/aromatic N) is 1. The maximum absolute atomic E-state index is 12.7. The SMILES string of the molecule is COc1ccc2c(N)c(C(=O)N(C)C(C)C3CC3)sc2c1. The minimum Gasteiger partial charge on any atom is -0.497 e. The number of ether oxygens (including phenoxy) is 1. The molecule has 1 fully saturated rings. The number of carbonyl (C=O) groups excluding carboxylic acids is 1. The van der Waals surface area contributed by atoms with Crippen LogP contribution < -0.4 is 10.5 Å². The average Bonchev–Trinajstić information content (AvgIpc) is 3.29. The molecule has 2 aromatic rings. The van der Waals surface area contributed by atoms with E-state index in [1.165, 1.54) is 24.2 Å². The van der Waals surface area contributed by atoms with Crippen molar-refractivity contribution in [2.45, 2.75) is 25.8 Å². The maximum atomic E-state index is 12.7. The smallest absolute Gasteiger partial charge is 0.266 e. The second-order valence-electron chi connectivity index (χ2n) is 5.70. The third-order valence-electron chi connectivity index (χ3n) is 4.37. The maximum Gasteiger partial charge on any atom is 0.266 e. The number of methoxy groups -OCH3 is 1. The van der Waals surface area contributed by atoms with E-state index < -0.39 is 0 Å². The molecule has 1 aliphatic carbocycles. The Hall–Kier alpha value is -1.75. The third kappa shape index (κ3) is 2.46. The van der Waals surface area contributed by atoms with Gasteiger partial charge >= 0.3 is 0 Å². The molecule has 1 aromatic heterocycles. The first-order valence-corrected chi connectivity index (χ1v) is 7.97. The number of amides is 1. The highest BCUT2D eigenvalue weighted by molar-refractivity contribution is 7.21. The van der Waals surface area contributed by atoms with E-state index in [4.69, 9.17) is 10.5 Å². The van der Waals surface area contributed by atoms with Crippen molar-refractivity contribution in [2.24, 2.45) is 5.92 Å². The Morgan fingerprint density at radius 1 is 1.48 bits per heavy atom. The van der Waals surface area contributed by atoms with Crippen LogP contribution in [-0.2, 0) is 0 Å². The van der Waals surface area contributed by atoms with Gasteiger partial charge in [-0.25, -0.2) is 0 Å². The van der Waals surface area contributed by atoms with Gasteiger partial charge < -0.3 is 15.4 Å². The van der Waals surface area contributed by atoms with Crippen LogP contribution in [0.4, 0.5) is 5.69 Å². The van der Waals surface area contributed by atoms with E-state index in [1.54, 1.807) is 7.11 Å². The van der Waals surface area contributed by atoms with Crippen LogP contribution in [0.5, 0.6) is 5.75 Å². The summed E-state index contributed by atoms with van der Waals surface area (Å²) in [5.41, 5.74) is 6.76. The van der Waals surface area contributed by atoms with E-state index in [-0.39, 0.29) is 11.9 Å². The minimum absolute atomic E-state index is 0.0204. The molecule has 1 heterocycles. The summed E-state index contributed by atoms with van der Waals surface area (Å²) in [6.07, 6.45) is 2.44. The van der Waals surface area contributed by atoms with Crippen molar-refractivity contribution in [3.05, 3.63) is 23.1 Å². The molecule has 0 bridgehead atoms. The average molecular weight is 304 g/mol. The van der Waals surface area contributed by atoms with Crippen LogP contribution in [0.15, 0.2) is 18.2 Å². The third-order valence-corrected chi connectivity index (χ3v) is 5.52. The van der Waals surface area contributed by atoms with E-state index in [1.807, 2.05) is 30.1 Å². The fourth-order valence-electron chi connectivity index (χ4n) is 2.62. The van der Waals surface area contributed by atoms with Crippen molar-refractivity contribution in [1.82, 2.24) is 4.90 Å². The van der Waals surface area contributed by atoms with Crippen molar-refractivity contribution in [3.63, 3.8) is 0 Å². The molecule has 0 radical (unpaired) electrons. The number of hydrogen-bond acceptors (Lipinski definition) is 4. The molecule has 1 amide bonds. The molecular weight excluding hydrogens is 284 g/mol. The molecule has 1 aliphatic rings. The van der Waals surface area contributed by atoms with Crippen molar-refractivity contribution in [1.29, 1.82) is 0 Å². The largest absolute Gasteiger partial charge is 0.497 e. The van der Waals surface area contributed by atoms with Gasteiger partial charge in [0.05, 0.1) is 12.8 Å². The number of anilines is 1. The van der Waals surface area contributed by atoms with Gasteiger partial charge in [-0.1, -0.05) is 0 Å². The highest BCUT2D eigenvalue weighted by Gasteiger charge is 2.33. The zero-order valence-corrected chi connectivity index (χ0v) is 13.4. The summed E-state index contributed by atoms with van der Waals surface area (Å²) >= 11 is 1.44. The summed E-state index contributed by atoms with van der Waals surface area (Å²) in [5.74, 6) is 1.45. The quantitative estimate of drug-likeness (QED) is 0.942. The number of fused-ring (bicyclic) bond motifs is 1. The van der Waals surface area contributed by atoms with Gasteiger partial charge in [-0.2, -0.15) is 0 Å². The lowest BCUT2D eigenvalue weighted by Gasteiger charge is -2.24. The molecule has 2 N–H and O–H groups in total. The van der Waals surface area contributed by atoms with Crippen molar-refractivity contribution >= 4 is 33.0 Å². The zero-order chi connectivity index (χ0) is 15.1. The lowest BCUT2D eigenvalue weighted by Crippen LogP contribution is -2.36. The Kier molecular flexibility index (Phi) is 3.53. The summed E-state index contributed by atoms with van der Waals surface area (Å²) in [4.78, 5) is 15.2. The first kappa shape index (κ1) is 14.2. The van der Waals surface area contributed by atoms with Crippen molar-refractivity contribution < 1.29 is 9.53 Å². The van der Waals surface area contributed by atoms with Crippen LogP contribution in [0.3, 0.4) is 0 Å². The fourth-order valence-corrected chi connectivity index (χ4v) is 3.76. The summed E-state index contributed by atoms with van der Waals surface area (Å²) < 4.78 is 6.22. The summed E-state index contributed by atoms with van der Waals surface area (Å²) in [7, 11) is 3.50. The van der Waals surface area contributed by atoms with Gasteiger partial charge in [0.15, 0.2) is 0 Å². The van der Waals surface area contributed by atoms with Gasteiger partial charge in [0.2, 0.25) is 0 Å². The lowest BCUT2D eigenvalue weighted by atomic mass is 10.1. The molecule has 1 atom stereocenters. The Morgan fingerprint density at radius 3 is 2.81 bits per heavy atom. The molecule has 21 heavy (non-hydrogen) atoms. The molecule has 4 nitrogen and oxygen atoms in total. The molecule has 1 saturated carbocycles. The molecule has 0 saturated heterocycles. The first-order chi connectivity index (χ1) is 10.0. The summed E-state index contributed by atoms with van der Waals surface area (Å²) in [6, 6.07) is 5.99. The monoisotopic (exact) mass is 304 g/mol. The standard InChI is InChI=1S/C16H20N2O2S/c1-9(10-4-5-10)18(2)16(19)15-14(17)12-7-6-11(20-3)8-13(12)21-15/h6-10H,4-5,17H2,1-3H3. The van der Waals surface area contributed by atoms with Crippen LogP contribution in [0.2, 0.25) is 0 Å². The van der Waals surface area contributed by atoms with Crippen LogP contribution in [0.25, 0.3) is 10.1 Å². The highest BCUT2D eigenvalue weighted by Crippen LogP contribution is 2.39. The molecule has 3 rings (SSSR count). The molecular formula is C16H20N2O2S. The molecule has 0 spiro atoms. The predicted molar refractivity (Wildman–Crippen MR) is 87.1 cm³/mol. The van der Waals surface area contributed by atoms with Gasteiger partial charge in [-0.15, -0.1) is 11.3 Å². The summed E-state index contributed by atoms with van der Waals surface area (Å²) in [5, 5.41) is 0.927. The Balaban J connectivity index is 1.95. The van der Waals surface area contributed by atoms with Gasteiger partial charge in [-0.3, -0.25) is 4.79 Å². The van der Waals surface area contributed by atoms with E-state index >= 15 is 0 Å². The summed E-state index contributed by atoms with van der Waals surface area (Å²) in [6.45, 7) is 2.11. The van der Waals surface area contributed by atoms with Gasteiger partial charge in [0.1, 0.15) is 10.6 Å². The van der Waals surface area contributed by atoms with E-state index in [2.05, 4.69) is 6.92 Å². The molecule has 0 aliphatic heterocycles. The van der Waals surface area contributed by atoms with E-state index in [0.717, 1.165) is 15.8 Å². The van der Waals surface area contributed by atoms with Gasteiger partial charge in [0, 0.05) is 23.2 Å². The van der Waals surface area contributed by atoms with Crippen LogP contribution >= 0.6 is 11.3 Å². The predicted octanol–water partition coefficient (Wildman–Crippen LogP) is 3.36. The van der Waals surface area contributed by atoms with Crippen molar-refractivity contribution in [3.8, 4) is 5.75 Å². The molecule has 1 unspecified atom stereocenters. The van der Waals surface area contributed by atoms with E-state index in [9.17, 15) is 4.79 Å². The molecule has 112 valence electrons. The van der Waals surface area contributed by atoms with Gasteiger partial charge in [-0.05, 0) is 43.9 Å². The van der Waals surface area contributed by atoms with Crippen LogP contribution in [0, 0.1) is 5.92 Å². The number of carbonyl (C=O) groups is 1. The Bertz CT molecular complexity index is 691. The van der Waals surface area contributed by atoms with Crippen molar-refractivity contribution in [2.75, 3.05) is 19.9 Å². The second-order valence-corrected chi connectivity index (χ2v) is 6.75. The zero-order valence-electron chi connectivity index (χ0n) is 12.6. The number of thiophene rings is 1. The first-order valence-electron chi connectivity index (χ1n) is 7.16. The number of hydrogen-bond donors (Lipinski definition) is 1. The number of nitrogen functional groups attached to an aromatic ring is 1. The van der Waals surface area contributed by atoms with E-state index in [0.29, 0.717) is 16.5 Å².